The smallest absolute Gasteiger partial charge is 0.255 e. The van der Waals surface area contributed by atoms with E-state index in [2.05, 4.69) is 21.0 Å². The number of hydrogen-bond donors (Lipinski definition) is 0. The van der Waals surface area contributed by atoms with Crippen LogP contribution in [-0.4, -0.2) is 27.6 Å². The fourth-order valence-electron chi connectivity index (χ4n) is 2.38. The summed E-state index contributed by atoms with van der Waals surface area (Å²) < 4.78 is 15.7. The van der Waals surface area contributed by atoms with Crippen LogP contribution in [0.4, 0.5) is 4.39 Å². The van der Waals surface area contributed by atoms with Gasteiger partial charge < -0.3 is 4.90 Å². The molecular formula is C18H15BrFN3O. The van der Waals surface area contributed by atoms with Crippen molar-refractivity contribution in [3.05, 3.63) is 82.3 Å². The number of nitrogens with zero attached hydrogens (tertiary/aromatic N) is 3. The molecule has 0 unspecified atom stereocenters. The molecule has 122 valence electrons. The van der Waals surface area contributed by atoms with E-state index in [0.717, 1.165) is 11.3 Å². The van der Waals surface area contributed by atoms with E-state index in [0.29, 0.717) is 16.6 Å². The molecule has 4 nitrogen and oxygen atoms in total. The molecule has 1 amide bonds. The lowest BCUT2D eigenvalue weighted by Crippen LogP contribution is -2.26. The van der Waals surface area contributed by atoms with Crippen molar-refractivity contribution in [1.82, 2.24) is 14.7 Å². The van der Waals surface area contributed by atoms with E-state index in [1.807, 2.05) is 36.5 Å². The average Bonchev–Trinajstić information content (AvgIpc) is 3.05. The second kappa shape index (κ2) is 6.97. The number of carbonyl (C=O) groups is 1. The van der Waals surface area contributed by atoms with Gasteiger partial charge in [0.2, 0.25) is 0 Å². The van der Waals surface area contributed by atoms with E-state index in [4.69, 9.17) is 0 Å². The number of benzene rings is 2. The summed E-state index contributed by atoms with van der Waals surface area (Å²) in [5.74, 6) is -0.694. The van der Waals surface area contributed by atoms with E-state index in [1.54, 1.807) is 17.9 Å². The third-order valence-electron chi connectivity index (χ3n) is 3.58. The Balaban J connectivity index is 1.75. The van der Waals surface area contributed by atoms with Gasteiger partial charge in [0, 0.05) is 29.8 Å². The summed E-state index contributed by atoms with van der Waals surface area (Å²) >= 11 is 3.29. The molecule has 0 fully saturated rings. The van der Waals surface area contributed by atoms with Gasteiger partial charge >= 0.3 is 0 Å². The molecule has 0 N–H and O–H groups in total. The molecule has 24 heavy (non-hydrogen) atoms. The fraction of sp³-hybridized carbons (Fsp3) is 0.111. The molecule has 0 aliphatic rings. The van der Waals surface area contributed by atoms with Crippen molar-refractivity contribution < 1.29 is 9.18 Å². The summed E-state index contributed by atoms with van der Waals surface area (Å²) in [4.78, 5) is 14.0. The van der Waals surface area contributed by atoms with Gasteiger partial charge in [0.1, 0.15) is 5.82 Å². The van der Waals surface area contributed by atoms with E-state index < -0.39 is 5.82 Å². The highest BCUT2D eigenvalue weighted by Gasteiger charge is 2.16. The van der Waals surface area contributed by atoms with Gasteiger partial charge in [-0.25, -0.2) is 9.07 Å². The van der Waals surface area contributed by atoms with Crippen LogP contribution in [0.2, 0.25) is 0 Å². The minimum atomic E-state index is -0.438. The number of hydrogen-bond acceptors (Lipinski definition) is 2. The van der Waals surface area contributed by atoms with E-state index in [9.17, 15) is 9.18 Å². The first-order valence-electron chi connectivity index (χ1n) is 7.34. The first-order valence-corrected chi connectivity index (χ1v) is 8.13. The van der Waals surface area contributed by atoms with Crippen molar-refractivity contribution >= 4 is 21.8 Å². The van der Waals surface area contributed by atoms with Crippen LogP contribution in [0.1, 0.15) is 15.9 Å². The molecule has 1 aromatic heterocycles. The van der Waals surface area contributed by atoms with Gasteiger partial charge in [-0.1, -0.05) is 18.2 Å². The second-order valence-electron chi connectivity index (χ2n) is 5.41. The Morgan fingerprint density at radius 3 is 2.75 bits per heavy atom. The zero-order chi connectivity index (χ0) is 17.1. The minimum Gasteiger partial charge on any atom is -0.337 e. The van der Waals surface area contributed by atoms with Crippen molar-refractivity contribution in [2.24, 2.45) is 0 Å². The minimum absolute atomic E-state index is 0.256. The highest BCUT2D eigenvalue weighted by molar-refractivity contribution is 9.10. The van der Waals surface area contributed by atoms with Crippen LogP contribution in [0, 0.1) is 5.82 Å². The van der Waals surface area contributed by atoms with E-state index >= 15 is 0 Å². The number of aromatic nitrogens is 2. The number of carbonyl (C=O) groups excluding carboxylic acids is 1. The maximum absolute atomic E-state index is 13.4. The predicted molar refractivity (Wildman–Crippen MR) is 93.5 cm³/mol. The Labute approximate surface area is 147 Å². The van der Waals surface area contributed by atoms with Gasteiger partial charge in [-0.15, -0.1) is 0 Å². The second-order valence-corrected chi connectivity index (χ2v) is 6.27. The predicted octanol–water partition coefficient (Wildman–Crippen LogP) is 4.05. The van der Waals surface area contributed by atoms with Crippen molar-refractivity contribution in [3.63, 3.8) is 0 Å². The molecule has 0 aliphatic heterocycles. The summed E-state index contributed by atoms with van der Waals surface area (Å²) in [6.45, 7) is 0.384. The SMILES string of the molecule is CN(Cc1cnn(-c2ccccc2)c1)C(=O)c1cc(F)ccc1Br. The number of halogens is 2. The first-order chi connectivity index (χ1) is 11.5. The van der Waals surface area contributed by atoms with E-state index in [-0.39, 0.29) is 5.91 Å². The van der Waals surface area contributed by atoms with Gasteiger partial charge in [-0.3, -0.25) is 4.79 Å². The fourth-order valence-corrected chi connectivity index (χ4v) is 2.79. The molecule has 0 saturated heterocycles. The highest BCUT2D eigenvalue weighted by atomic mass is 79.9. The van der Waals surface area contributed by atoms with Crippen LogP contribution in [0.25, 0.3) is 5.69 Å². The summed E-state index contributed by atoms with van der Waals surface area (Å²) in [5.41, 5.74) is 2.14. The molecule has 0 radical (unpaired) electrons. The lowest BCUT2D eigenvalue weighted by atomic mass is 10.2. The molecule has 0 bridgehead atoms. The summed E-state index contributed by atoms with van der Waals surface area (Å²) in [6, 6.07) is 13.8. The van der Waals surface area contributed by atoms with Crippen LogP contribution in [0.5, 0.6) is 0 Å². The molecule has 3 aromatic rings. The van der Waals surface area contributed by atoms with Crippen LogP contribution < -0.4 is 0 Å². The normalized spacial score (nSPS) is 10.6. The lowest BCUT2D eigenvalue weighted by molar-refractivity contribution is 0.0783. The Morgan fingerprint density at radius 2 is 2.00 bits per heavy atom. The Morgan fingerprint density at radius 1 is 1.25 bits per heavy atom. The number of para-hydroxylation sites is 1. The topological polar surface area (TPSA) is 38.1 Å². The van der Waals surface area contributed by atoms with Crippen molar-refractivity contribution in [2.75, 3.05) is 7.05 Å². The largest absolute Gasteiger partial charge is 0.337 e. The van der Waals surface area contributed by atoms with Gasteiger partial charge in [0.05, 0.1) is 17.4 Å². The maximum Gasteiger partial charge on any atom is 0.255 e. The lowest BCUT2D eigenvalue weighted by Gasteiger charge is -2.17. The van der Waals surface area contributed by atoms with Gasteiger partial charge in [0.25, 0.3) is 5.91 Å². The van der Waals surface area contributed by atoms with Crippen LogP contribution in [0.15, 0.2) is 65.4 Å². The molecule has 3 rings (SSSR count). The van der Waals surface area contributed by atoms with Crippen molar-refractivity contribution in [1.29, 1.82) is 0 Å². The van der Waals surface area contributed by atoms with Crippen LogP contribution in [0.3, 0.4) is 0 Å². The van der Waals surface area contributed by atoms with Crippen molar-refractivity contribution in [3.8, 4) is 5.69 Å². The quantitative estimate of drug-likeness (QED) is 0.677. The Kier molecular flexibility index (Phi) is 4.76. The molecular weight excluding hydrogens is 373 g/mol. The van der Waals surface area contributed by atoms with Gasteiger partial charge in [-0.05, 0) is 46.3 Å². The Hall–Kier alpha value is -2.47. The maximum atomic E-state index is 13.4. The summed E-state index contributed by atoms with van der Waals surface area (Å²) in [6.07, 6.45) is 3.59. The zero-order valence-corrected chi connectivity index (χ0v) is 14.6. The molecule has 0 aliphatic carbocycles. The molecule has 0 spiro atoms. The summed E-state index contributed by atoms with van der Waals surface area (Å²) in [7, 11) is 1.68. The zero-order valence-electron chi connectivity index (χ0n) is 13.0. The monoisotopic (exact) mass is 387 g/mol. The Bertz CT molecular complexity index is 864. The molecule has 0 atom stereocenters. The molecule has 6 heteroatoms. The number of rotatable bonds is 4. The molecule has 1 heterocycles. The first kappa shape index (κ1) is 16.4. The standard InChI is InChI=1S/C18H15BrFN3O/c1-22(18(24)16-9-14(20)7-8-17(16)19)11-13-10-21-23(12-13)15-5-3-2-4-6-15/h2-10,12H,11H2,1H3. The van der Waals surface area contributed by atoms with Crippen molar-refractivity contribution in [2.45, 2.75) is 6.54 Å². The third-order valence-corrected chi connectivity index (χ3v) is 4.27. The third kappa shape index (κ3) is 3.54. The van der Waals surface area contributed by atoms with Gasteiger partial charge in [-0.2, -0.15) is 5.10 Å². The molecule has 0 saturated carbocycles. The molecule has 2 aromatic carbocycles. The summed E-state index contributed by atoms with van der Waals surface area (Å²) in [5, 5.41) is 4.31. The van der Waals surface area contributed by atoms with Crippen LogP contribution in [-0.2, 0) is 6.54 Å². The van der Waals surface area contributed by atoms with Crippen LogP contribution >= 0.6 is 15.9 Å². The van der Waals surface area contributed by atoms with Gasteiger partial charge in [0.15, 0.2) is 0 Å². The average molecular weight is 388 g/mol. The van der Waals surface area contributed by atoms with E-state index in [1.165, 1.54) is 23.1 Å². The number of amides is 1. The highest BCUT2D eigenvalue weighted by Crippen LogP contribution is 2.20.